The first-order chi connectivity index (χ1) is 12.8. The van der Waals surface area contributed by atoms with Gasteiger partial charge in [0.1, 0.15) is 11.5 Å². The molecule has 0 saturated heterocycles. The van der Waals surface area contributed by atoms with Crippen LogP contribution in [-0.2, 0) is 25.7 Å². The number of nitrogens with zero attached hydrogens (tertiary/aromatic N) is 1. The van der Waals surface area contributed by atoms with Gasteiger partial charge in [0.2, 0.25) is 5.72 Å². The highest BCUT2D eigenvalue weighted by molar-refractivity contribution is 5.77. The number of rotatable bonds is 10. The van der Waals surface area contributed by atoms with Crippen molar-refractivity contribution in [3.8, 4) is 11.5 Å². The number of carbonyl (C=O) groups is 2. The van der Waals surface area contributed by atoms with Gasteiger partial charge in [-0.05, 0) is 26.0 Å². The molecule has 3 N–H and O–H groups in total. The molecular formula is C18H30N2O7. The van der Waals surface area contributed by atoms with Gasteiger partial charge >= 0.3 is 5.97 Å². The summed E-state index contributed by atoms with van der Waals surface area (Å²) in [5.74, 6) is 0.586. The summed E-state index contributed by atoms with van der Waals surface area (Å²) >= 11 is 0. The fraction of sp³-hybridized carbons (Fsp3) is 0.556. The number of benzene rings is 1. The lowest BCUT2D eigenvalue weighted by Crippen LogP contribution is -2.50. The second-order valence-electron chi connectivity index (χ2n) is 5.39. The predicted octanol–water partition coefficient (Wildman–Crippen LogP) is 0.873. The molecule has 1 unspecified atom stereocenters. The molecule has 0 amide bonds. The number of nitrogens with two attached hydrogens (primary N) is 1. The predicted molar refractivity (Wildman–Crippen MR) is 99.1 cm³/mol. The summed E-state index contributed by atoms with van der Waals surface area (Å²) in [6.45, 7) is 4.02. The lowest BCUT2D eigenvalue weighted by atomic mass is 10.1. The molecule has 1 atom stereocenters. The maximum atomic E-state index is 11.6. The molecule has 0 saturated carbocycles. The summed E-state index contributed by atoms with van der Waals surface area (Å²) in [6, 6.07) is 5.35. The normalized spacial score (nSPS) is 12.4. The number of methoxy groups -OCH3 is 2. The van der Waals surface area contributed by atoms with Crippen LogP contribution in [0, 0.1) is 0 Å². The Morgan fingerprint density at radius 2 is 1.78 bits per heavy atom. The van der Waals surface area contributed by atoms with Gasteiger partial charge in [-0.15, -0.1) is 0 Å². The first-order valence-electron chi connectivity index (χ1n) is 8.42. The average Bonchev–Trinajstić information content (AvgIpc) is 2.62. The van der Waals surface area contributed by atoms with E-state index in [0.717, 1.165) is 5.56 Å². The summed E-state index contributed by atoms with van der Waals surface area (Å²) in [5.41, 5.74) is 4.74. The van der Waals surface area contributed by atoms with Crippen molar-refractivity contribution in [3.05, 3.63) is 23.8 Å². The molecule has 1 aromatic carbocycles. The molecule has 0 fully saturated rings. The van der Waals surface area contributed by atoms with Crippen molar-refractivity contribution in [1.29, 1.82) is 0 Å². The Kier molecular flexibility index (Phi) is 12.0. The molecular weight excluding hydrogens is 356 g/mol. The first kappa shape index (κ1) is 24.8. The summed E-state index contributed by atoms with van der Waals surface area (Å²) in [4.78, 5) is 28.3. The largest absolute Gasteiger partial charge is 0.496 e. The van der Waals surface area contributed by atoms with Crippen LogP contribution in [0.1, 0.15) is 25.8 Å². The third kappa shape index (κ3) is 8.83. The monoisotopic (exact) mass is 386 g/mol. The minimum absolute atomic E-state index is 0.196. The third-order valence-electron chi connectivity index (χ3n) is 3.16. The topological polar surface area (TPSA) is 121 Å². The lowest BCUT2D eigenvalue weighted by Gasteiger charge is -2.28. The van der Waals surface area contributed by atoms with E-state index in [-0.39, 0.29) is 19.8 Å². The van der Waals surface area contributed by atoms with E-state index in [4.69, 9.17) is 29.9 Å². The van der Waals surface area contributed by atoms with E-state index in [1.165, 1.54) is 5.06 Å². The van der Waals surface area contributed by atoms with Gasteiger partial charge in [-0.1, -0.05) is 6.07 Å². The SMILES string of the molecule is CCO.CCOC(=O)CC(N)(C=O)ON(C)Cc1c(OC)cccc1OC. The zero-order valence-corrected chi connectivity index (χ0v) is 16.6. The Balaban J connectivity index is 0.00000210. The Morgan fingerprint density at radius 3 is 2.19 bits per heavy atom. The summed E-state index contributed by atoms with van der Waals surface area (Å²) in [7, 11) is 4.67. The number of aldehydes is 1. The van der Waals surface area contributed by atoms with E-state index in [9.17, 15) is 9.59 Å². The maximum Gasteiger partial charge on any atom is 0.310 e. The molecule has 1 aromatic rings. The Hall–Kier alpha value is -2.20. The van der Waals surface area contributed by atoms with E-state index in [1.807, 2.05) is 0 Å². The number of hydrogen-bond donors (Lipinski definition) is 2. The minimum atomic E-state index is -1.81. The highest BCUT2D eigenvalue weighted by Crippen LogP contribution is 2.29. The second-order valence-corrected chi connectivity index (χ2v) is 5.39. The van der Waals surface area contributed by atoms with Crippen molar-refractivity contribution < 1.29 is 33.7 Å². The molecule has 0 aliphatic heterocycles. The molecule has 0 radical (unpaired) electrons. The van der Waals surface area contributed by atoms with Crippen LogP contribution < -0.4 is 15.2 Å². The number of hydroxylamine groups is 2. The van der Waals surface area contributed by atoms with Crippen molar-refractivity contribution in [1.82, 2.24) is 5.06 Å². The summed E-state index contributed by atoms with van der Waals surface area (Å²) in [6.07, 6.45) is -0.0163. The van der Waals surface area contributed by atoms with Gasteiger partial charge in [-0.2, -0.15) is 5.06 Å². The molecule has 0 heterocycles. The van der Waals surface area contributed by atoms with Crippen LogP contribution >= 0.6 is 0 Å². The second kappa shape index (κ2) is 13.0. The first-order valence-corrected chi connectivity index (χ1v) is 8.42. The Morgan fingerprint density at radius 1 is 1.26 bits per heavy atom. The average molecular weight is 386 g/mol. The molecule has 154 valence electrons. The molecule has 0 aliphatic rings. The van der Waals surface area contributed by atoms with Gasteiger partial charge in [0.05, 0.1) is 39.4 Å². The van der Waals surface area contributed by atoms with E-state index in [1.54, 1.807) is 53.3 Å². The smallest absolute Gasteiger partial charge is 0.310 e. The van der Waals surface area contributed by atoms with Gasteiger partial charge in [0.15, 0.2) is 6.29 Å². The fourth-order valence-corrected chi connectivity index (χ4v) is 2.16. The molecule has 0 aliphatic carbocycles. The minimum Gasteiger partial charge on any atom is -0.496 e. The highest BCUT2D eigenvalue weighted by Gasteiger charge is 2.32. The van der Waals surface area contributed by atoms with Crippen LogP contribution in [0.4, 0.5) is 0 Å². The van der Waals surface area contributed by atoms with E-state index < -0.39 is 18.1 Å². The number of aliphatic hydroxyl groups is 1. The number of esters is 1. The molecule has 9 heteroatoms. The molecule has 27 heavy (non-hydrogen) atoms. The number of hydrogen-bond acceptors (Lipinski definition) is 9. The van der Waals surface area contributed by atoms with Gasteiger partial charge in [-0.3, -0.25) is 20.2 Å². The van der Waals surface area contributed by atoms with Crippen LogP contribution in [0.5, 0.6) is 11.5 Å². The Bertz CT molecular complexity index is 561. The van der Waals surface area contributed by atoms with Crippen LogP contribution in [0.15, 0.2) is 18.2 Å². The molecule has 0 spiro atoms. The quantitative estimate of drug-likeness (QED) is 0.261. The van der Waals surface area contributed by atoms with Gasteiger partial charge in [0, 0.05) is 13.7 Å². The van der Waals surface area contributed by atoms with Crippen LogP contribution in [0.25, 0.3) is 0 Å². The van der Waals surface area contributed by atoms with E-state index >= 15 is 0 Å². The van der Waals surface area contributed by atoms with Crippen molar-refractivity contribution in [2.24, 2.45) is 5.73 Å². The van der Waals surface area contributed by atoms with E-state index in [0.29, 0.717) is 17.8 Å². The zero-order chi connectivity index (χ0) is 20.9. The van der Waals surface area contributed by atoms with Crippen molar-refractivity contribution >= 4 is 12.3 Å². The zero-order valence-electron chi connectivity index (χ0n) is 16.6. The lowest BCUT2D eigenvalue weighted by molar-refractivity contribution is -0.230. The van der Waals surface area contributed by atoms with Gasteiger partial charge in [0.25, 0.3) is 0 Å². The summed E-state index contributed by atoms with van der Waals surface area (Å²) < 4.78 is 15.4. The van der Waals surface area contributed by atoms with Gasteiger partial charge < -0.3 is 19.3 Å². The van der Waals surface area contributed by atoms with Crippen molar-refractivity contribution in [2.75, 3.05) is 34.5 Å². The standard InChI is InChI=1S/C16H24N2O6.C2H6O/c1-5-23-15(20)9-16(17,11-19)24-18(2)10-12-13(21-3)7-6-8-14(12)22-4;1-2-3/h6-8,11H,5,9-10,17H2,1-4H3;3H,2H2,1H3. The molecule has 0 aromatic heterocycles. The molecule has 0 bridgehead atoms. The molecule has 9 nitrogen and oxygen atoms in total. The van der Waals surface area contributed by atoms with Crippen LogP contribution in [0.2, 0.25) is 0 Å². The van der Waals surface area contributed by atoms with Crippen molar-refractivity contribution in [2.45, 2.75) is 32.5 Å². The maximum absolute atomic E-state index is 11.6. The highest BCUT2D eigenvalue weighted by atomic mass is 16.7. The van der Waals surface area contributed by atoms with Crippen LogP contribution in [-0.4, -0.2) is 62.6 Å². The number of aliphatic hydroxyl groups excluding tert-OH is 1. The fourth-order valence-electron chi connectivity index (χ4n) is 2.16. The molecule has 1 rings (SSSR count). The van der Waals surface area contributed by atoms with E-state index in [2.05, 4.69) is 0 Å². The Labute approximate surface area is 159 Å². The number of carbonyl (C=O) groups excluding carboxylic acids is 2. The van der Waals surface area contributed by atoms with Crippen LogP contribution in [0.3, 0.4) is 0 Å². The van der Waals surface area contributed by atoms with Gasteiger partial charge in [-0.25, -0.2) is 0 Å². The third-order valence-corrected chi connectivity index (χ3v) is 3.16. The number of ether oxygens (including phenoxy) is 3. The summed E-state index contributed by atoms with van der Waals surface area (Å²) in [5, 5.41) is 8.91. The van der Waals surface area contributed by atoms with Crippen molar-refractivity contribution in [3.63, 3.8) is 0 Å².